The fourth-order valence-corrected chi connectivity index (χ4v) is 4.91. The molecule has 7 nitrogen and oxygen atoms in total. The molecule has 3 unspecified atom stereocenters. The van der Waals surface area contributed by atoms with Crippen molar-refractivity contribution >= 4 is 22.9 Å². The van der Waals surface area contributed by atoms with Crippen LogP contribution in [0.2, 0.25) is 0 Å². The van der Waals surface area contributed by atoms with Gasteiger partial charge in [-0.2, -0.15) is 5.10 Å². The first-order chi connectivity index (χ1) is 15.4. The Bertz CT molecular complexity index is 1090. The Hall–Kier alpha value is -3.00. The van der Waals surface area contributed by atoms with E-state index in [-0.39, 0.29) is 11.6 Å². The minimum atomic E-state index is -0.428. The van der Waals surface area contributed by atoms with Crippen LogP contribution in [0, 0.1) is 17.7 Å². The van der Waals surface area contributed by atoms with Crippen LogP contribution < -0.4 is 16.0 Å². The Kier molecular flexibility index (Phi) is 5.33. The van der Waals surface area contributed by atoms with E-state index in [2.05, 4.69) is 35.1 Å². The van der Waals surface area contributed by atoms with Gasteiger partial charge in [-0.1, -0.05) is 19.1 Å². The molecule has 3 N–H and O–H groups in total. The smallest absolute Gasteiger partial charge is 0.225 e. The van der Waals surface area contributed by atoms with Gasteiger partial charge in [-0.25, -0.2) is 14.4 Å². The van der Waals surface area contributed by atoms with Gasteiger partial charge in [0.05, 0.1) is 23.1 Å². The first-order valence-electron chi connectivity index (χ1n) is 11.3. The predicted molar refractivity (Wildman–Crippen MR) is 127 cm³/mol. The van der Waals surface area contributed by atoms with Crippen LogP contribution in [0.5, 0.6) is 0 Å². The third-order valence-electron chi connectivity index (χ3n) is 6.93. The molecule has 1 aliphatic carbocycles. The van der Waals surface area contributed by atoms with E-state index in [0.29, 0.717) is 17.9 Å². The van der Waals surface area contributed by atoms with Crippen LogP contribution in [0.25, 0.3) is 16.8 Å². The maximum atomic E-state index is 14.4. The number of fused-ring (bicyclic) bond motifs is 1. The van der Waals surface area contributed by atoms with E-state index >= 15 is 0 Å². The highest BCUT2D eigenvalue weighted by Gasteiger charge is 2.37. The summed E-state index contributed by atoms with van der Waals surface area (Å²) in [6.45, 7) is 7.92. The minimum Gasteiger partial charge on any atom is -0.396 e. The number of nitrogens with two attached hydrogens (primary N) is 1. The summed E-state index contributed by atoms with van der Waals surface area (Å²) < 4.78 is 14.4. The first-order valence-corrected chi connectivity index (χ1v) is 11.3. The lowest BCUT2D eigenvalue weighted by Crippen LogP contribution is -2.44. The molecule has 5 rings (SSSR count). The summed E-state index contributed by atoms with van der Waals surface area (Å²) >= 11 is 0. The van der Waals surface area contributed by atoms with Crippen molar-refractivity contribution in [3.8, 4) is 11.3 Å². The number of anilines is 2. The monoisotopic (exact) mass is 435 g/mol. The van der Waals surface area contributed by atoms with E-state index in [1.807, 2.05) is 19.3 Å². The number of nitrogen functional groups attached to an aromatic ring is 1. The fraction of sp³-hybridized carbons (Fsp3) is 0.458. The number of benzene rings is 1. The molecule has 168 valence electrons. The lowest BCUT2D eigenvalue weighted by Gasteiger charge is -2.29. The van der Waals surface area contributed by atoms with E-state index in [1.54, 1.807) is 6.07 Å². The molecule has 1 saturated heterocycles. The van der Waals surface area contributed by atoms with E-state index in [1.165, 1.54) is 17.4 Å². The Balaban J connectivity index is 1.61. The Morgan fingerprint density at radius 2 is 1.97 bits per heavy atom. The average Bonchev–Trinajstić information content (AvgIpc) is 3.10. The quantitative estimate of drug-likeness (QED) is 0.722. The topological polar surface area (TPSA) is 82.7 Å². The molecule has 32 heavy (non-hydrogen) atoms. The molecule has 2 aromatic rings. The van der Waals surface area contributed by atoms with Crippen LogP contribution in [0.4, 0.5) is 16.0 Å². The van der Waals surface area contributed by atoms with Crippen molar-refractivity contribution in [2.24, 2.45) is 16.9 Å². The first kappa shape index (κ1) is 20.9. The minimum absolute atomic E-state index is 0.140. The summed E-state index contributed by atoms with van der Waals surface area (Å²) in [5.41, 5.74) is 10.8. The number of hydrazone groups is 1. The number of hydrogen-bond donors (Lipinski definition) is 2. The summed E-state index contributed by atoms with van der Waals surface area (Å²) in [7, 11) is 2.03. The van der Waals surface area contributed by atoms with E-state index < -0.39 is 5.82 Å². The number of aromatic nitrogens is 2. The summed E-state index contributed by atoms with van der Waals surface area (Å²) in [5, 5.41) is 10.2. The van der Waals surface area contributed by atoms with E-state index in [4.69, 9.17) is 20.8 Å². The molecule has 1 aromatic heterocycles. The van der Waals surface area contributed by atoms with Crippen LogP contribution in [-0.4, -0.2) is 60.0 Å². The molecular weight excluding hydrogens is 405 g/mol. The molecule has 0 saturated carbocycles. The van der Waals surface area contributed by atoms with Gasteiger partial charge in [0.15, 0.2) is 0 Å². The summed E-state index contributed by atoms with van der Waals surface area (Å²) in [6.07, 6.45) is 5.09. The van der Waals surface area contributed by atoms with E-state index in [9.17, 15) is 4.39 Å². The molecule has 1 fully saturated rings. The van der Waals surface area contributed by atoms with E-state index in [0.717, 1.165) is 49.4 Å². The number of nitrogens with one attached hydrogen (secondary N) is 1. The molecule has 0 amide bonds. The molecule has 3 heterocycles. The molecule has 3 aliphatic rings. The summed E-state index contributed by atoms with van der Waals surface area (Å²) in [4.78, 5) is 11.9. The van der Waals surface area contributed by atoms with Crippen LogP contribution in [0.3, 0.4) is 0 Å². The van der Waals surface area contributed by atoms with Crippen molar-refractivity contribution in [2.75, 3.05) is 43.9 Å². The number of rotatable bonds is 3. The third-order valence-corrected chi connectivity index (χ3v) is 6.93. The van der Waals surface area contributed by atoms with Gasteiger partial charge in [-0.3, -0.25) is 5.01 Å². The predicted octanol–water partition coefficient (Wildman–Crippen LogP) is 3.00. The number of nitrogens with zero attached hydrogens (tertiary/aromatic N) is 5. The maximum absolute atomic E-state index is 14.4. The largest absolute Gasteiger partial charge is 0.396 e. The second-order valence-corrected chi connectivity index (χ2v) is 9.07. The normalized spacial score (nSPS) is 25.4. The molecule has 0 radical (unpaired) electrons. The highest BCUT2D eigenvalue weighted by atomic mass is 19.1. The Morgan fingerprint density at radius 3 is 2.72 bits per heavy atom. The number of allylic oxidation sites excluding steroid dienone is 1. The third kappa shape index (κ3) is 3.62. The number of hydrogen-bond acceptors (Lipinski definition) is 7. The Labute approximate surface area is 188 Å². The highest BCUT2D eigenvalue weighted by Crippen LogP contribution is 2.40. The number of piperazine rings is 1. The fourth-order valence-electron chi connectivity index (χ4n) is 4.91. The lowest BCUT2D eigenvalue weighted by molar-refractivity contribution is 0.281. The van der Waals surface area contributed by atoms with Crippen molar-refractivity contribution in [3.05, 3.63) is 41.9 Å². The van der Waals surface area contributed by atoms with Crippen molar-refractivity contribution in [1.29, 1.82) is 0 Å². The zero-order chi connectivity index (χ0) is 22.4. The zero-order valence-corrected chi connectivity index (χ0v) is 18.8. The molecule has 0 spiro atoms. The van der Waals surface area contributed by atoms with Gasteiger partial charge < -0.3 is 16.0 Å². The van der Waals surface area contributed by atoms with Crippen LogP contribution in [-0.2, 0) is 0 Å². The van der Waals surface area contributed by atoms with Crippen molar-refractivity contribution in [2.45, 2.75) is 26.3 Å². The van der Waals surface area contributed by atoms with Gasteiger partial charge in [0, 0.05) is 62.4 Å². The number of halogens is 1. The molecule has 8 heteroatoms. The van der Waals surface area contributed by atoms with Gasteiger partial charge in [-0.15, -0.1) is 0 Å². The van der Waals surface area contributed by atoms with Crippen LogP contribution in [0.1, 0.15) is 25.8 Å². The second-order valence-electron chi connectivity index (χ2n) is 9.07. The highest BCUT2D eigenvalue weighted by molar-refractivity contribution is 5.97. The van der Waals surface area contributed by atoms with Gasteiger partial charge in [-0.05, 0) is 31.1 Å². The van der Waals surface area contributed by atoms with Crippen molar-refractivity contribution < 1.29 is 4.39 Å². The van der Waals surface area contributed by atoms with Crippen LogP contribution >= 0.6 is 0 Å². The van der Waals surface area contributed by atoms with Gasteiger partial charge in [0.2, 0.25) is 5.95 Å². The van der Waals surface area contributed by atoms with Crippen LogP contribution in [0.15, 0.2) is 35.6 Å². The summed E-state index contributed by atoms with van der Waals surface area (Å²) in [6, 6.07) is 5.24. The maximum Gasteiger partial charge on any atom is 0.225 e. The average molecular weight is 436 g/mol. The molecule has 2 aliphatic heterocycles. The van der Waals surface area contributed by atoms with Crippen molar-refractivity contribution in [1.82, 2.24) is 20.3 Å². The zero-order valence-electron chi connectivity index (χ0n) is 18.8. The van der Waals surface area contributed by atoms with Gasteiger partial charge in [0.1, 0.15) is 5.82 Å². The second kappa shape index (κ2) is 8.16. The molecule has 3 atom stereocenters. The molecule has 0 bridgehead atoms. The molecule has 1 aromatic carbocycles. The van der Waals surface area contributed by atoms with Crippen molar-refractivity contribution in [3.63, 3.8) is 0 Å². The van der Waals surface area contributed by atoms with Gasteiger partial charge >= 0.3 is 0 Å². The lowest BCUT2D eigenvalue weighted by atomic mass is 9.77. The standard InChI is InChI=1S/C24H30FN7/c1-14-10-17(11-18-15(2)31(3)30-22(14)18)19-13-28-24(32-8-6-27-7-9-32)29-23(19)16-4-5-21(26)20(25)12-16/h4-5,11-15,18,27H,6-10,26H2,1-3H3. The molecular formula is C24H30FN7. The SMILES string of the molecule is CC1CC(c2cnc(N3CCNCC3)nc2-c2ccc(N)c(F)c2)=CC2C1=NN(C)C2C. The summed E-state index contributed by atoms with van der Waals surface area (Å²) in [5.74, 6) is 0.851. The van der Waals surface area contributed by atoms with Gasteiger partial charge in [0.25, 0.3) is 0 Å². The Morgan fingerprint density at radius 1 is 1.19 bits per heavy atom.